The number of amides is 2. The second-order valence-corrected chi connectivity index (χ2v) is 6.76. The highest BCUT2D eigenvalue weighted by Gasteiger charge is 2.50. The Balaban J connectivity index is 2.17. The number of ether oxygens (including phenoxy) is 3. The minimum absolute atomic E-state index is 0.200. The van der Waals surface area contributed by atoms with E-state index in [1.807, 2.05) is 25.1 Å². The molecule has 3 rings (SSSR count). The van der Waals surface area contributed by atoms with Crippen molar-refractivity contribution in [2.75, 3.05) is 33.3 Å². The molecule has 0 fully saturated rings. The normalized spacial score (nSPS) is 17.9. The molecule has 2 amide bonds. The maximum absolute atomic E-state index is 13.2. The summed E-state index contributed by atoms with van der Waals surface area (Å²) in [5.41, 5.74) is 2.10. The minimum atomic E-state index is -1.21. The molecule has 0 aromatic heterocycles. The van der Waals surface area contributed by atoms with Crippen molar-refractivity contribution in [1.82, 2.24) is 5.32 Å². The van der Waals surface area contributed by atoms with Crippen LogP contribution in [0, 0.1) is 6.92 Å². The van der Waals surface area contributed by atoms with E-state index in [4.69, 9.17) is 14.2 Å². The maximum atomic E-state index is 13.2. The SMILES string of the molecule is COc1cc(CC2(NC=O)C(=O)N(C)c3ccc(C)cc32)cc(OC)c1OC. The zero-order chi connectivity index (χ0) is 20.5. The van der Waals surface area contributed by atoms with E-state index in [9.17, 15) is 9.59 Å². The zero-order valence-electron chi connectivity index (χ0n) is 16.7. The summed E-state index contributed by atoms with van der Waals surface area (Å²) < 4.78 is 16.2. The van der Waals surface area contributed by atoms with E-state index in [1.54, 1.807) is 24.1 Å². The molecule has 0 saturated carbocycles. The van der Waals surface area contributed by atoms with E-state index in [0.29, 0.717) is 23.7 Å². The average Bonchev–Trinajstić information content (AvgIpc) is 2.89. The van der Waals surface area contributed by atoms with Gasteiger partial charge in [-0.25, -0.2) is 0 Å². The fourth-order valence-electron chi connectivity index (χ4n) is 3.80. The second kappa shape index (κ2) is 7.42. The summed E-state index contributed by atoms with van der Waals surface area (Å²) in [6.07, 6.45) is 0.809. The van der Waals surface area contributed by atoms with E-state index in [-0.39, 0.29) is 12.3 Å². The van der Waals surface area contributed by atoms with Gasteiger partial charge in [-0.1, -0.05) is 17.7 Å². The third kappa shape index (κ3) is 2.93. The number of hydrogen-bond donors (Lipinski definition) is 1. The van der Waals surface area contributed by atoms with Crippen LogP contribution >= 0.6 is 0 Å². The lowest BCUT2D eigenvalue weighted by atomic mass is 9.84. The molecule has 2 aromatic rings. The molecule has 1 aliphatic heterocycles. The summed E-state index contributed by atoms with van der Waals surface area (Å²) in [5.74, 6) is 1.24. The molecule has 1 heterocycles. The van der Waals surface area contributed by atoms with Crippen LogP contribution in [0.3, 0.4) is 0 Å². The largest absolute Gasteiger partial charge is 0.493 e. The molecular weight excluding hydrogens is 360 g/mol. The van der Waals surface area contributed by atoms with Crippen molar-refractivity contribution in [2.24, 2.45) is 0 Å². The van der Waals surface area contributed by atoms with Gasteiger partial charge in [0.2, 0.25) is 12.2 Å². The molecule has 28 heavy (non-hydrogen) atoms. The predicted octanol–water partition coefficient (Wildman–Crippen LogP) is 2.18. The number of anilines is 1. The first-order chi connectivity index (χ1) is 13.4. The van der Waals surface area contributed by atoms with Gasteiger partial charge >= 0.3 is 0 Å². The average molecular weight is 384 g/mol. The summed E-state index contributed by atoms with van der Waals surface area (Å²) in [6.45, 7) is 1.95. The number of likely N-dealkylation sites (N-methyl/N-ethyl adjacent to an activating group) is 1. The number of nitrogens with zero attached hydrogens (tertiary/aromatic N) is 1. The summed E-state index contributed by atoms with van der Waals surface area (Å²) in [5, 5.41) is 2.79. The van der Waals surface area contributed by atoms with Gasteiger partial charge in [-0.2, -0.15) is 0 Å². The van der Waals surface area contributed by atoms with Crippen LogP contribution in [0.4, 0.5) is 5.69 Å². The van der Waals surface area contributed by atoms with E-state index in [2.05, 4.69) is 5.32 Å². The van der Waals surface area contributed by atoms with Crippen molar-refractivity contribution in [3.8, 4) is 17.2 Å². The standard InChI is InChI=1S/C21H24N2O5/c1-13-6-7-16-15(8-13)21(22-12-24,20(25)23(16)2)11-14-9-17(26-3)19(28-5)18(10-14)27-4/h6-10,12H,11H2,1-5H3,(H,22,24). The summed E-state index contributed by atoms with van der Waals surface area (Å²) in [7, 11) is 6.31. The lowest BCUT2D eigenvalue weighted by Gasteiger charge is -2.28. The Labute approximate surface area is 164 Å². The number of rotatable bonds is 7. The Morgan fingerprint density at radius 3 is 2.25 bits per heavy atom. The van der Waals surface area contributed by atoms with Crippen LogP contribution in [-0.2, 0) is 21.5 Å². The molecule has 1 aliphatic rings. The van der Waals surface area contributed by atoms with Crippen molar-refractivity contribution >= 4 is 18.0 Å². The molecule has 1 atom stereocenters. The highest BCUT2D eigenvalue weighted by Crippen LogP contribution is 2.44. The molecule has 148 valence electrons. The monoisotopic (exact) mass is 384 g/mol. The fourth-order valence-corrected chi connectivity index (χ4v) is 3.80. The number of carbonyl (C=O) groups is 2. The minimum Gasteiger partial charge on any atom is -0.493 e. The lowest BCUT2D eigenvalue weighted by Crippen LogP contribution is -2.51. The molecule has 0 bridgehead atoms. The predicted molar refractivity (Wildman–Crippen MR) is 105 cm³/mol. The van der Waals surface area contributed by atoms with Crippen LogP contribution in [0.2, 0.25) is 0 Å². The van der Waals surface area contributed by atoms with Crippen LogP contribution in [-0.4, -0.2) is 40.7 Å². The first-order valence-electron chi connectivity index (χ1n) is 8.81. The second-order valence-electron chi connectivity index (χ2n) is 6.76. The maximum Gasteiger partial charge on any atom is 0.257 e. The van der Waals surface area contributed by atoms with Gasteiger partial charge in [-0.3, -0.25) is 9.59 Å². The number of methoxy groups -OCH3 is 3. The van der Waals surface area contributed by atoms with Gasteiger partial charge in [0.1, 0.15) is 0 Å². The number of hydrogen-bond acceptors (Lipinski definition) is 5. The molecule has 0 radical (unpaired) electrons. The first-order valence-corrected chi connectivity index (χ1v) is 8.81. The molecule has 0 aliphatic carbocycles. The Morgan fingerprint density at radius 2 is 1.71 bits per heavy atom. The number of fused-ring (bicyclic) bond motifs is 1. The van der Waals surface area contributed by atoms with Crippen LogP contribution in [0.1, 0.15) is 16.7 Å². The van der Waals surface area contributed by atoms with Gasteiger partial charge in [0.25, 0.3) is 5.91 Å². The van der Waals surface area contributed by atoms with Crippen LogP contribution < -0.4 is 24.4 Å². The van der Waals surface area contributed by atoms with Crippen molar-refractivity contribution in [1.29, 1.82) is 0 Å². The molecular formula is C21H24N2O5. The van der Waals surface area contributed by atoms with Crippen LogP contribution in [0.5, 0.6) is 17.2 Å². The van der Waals surface area contributed by atoms with Gasteiger partial charge in [-0.15, -0.1) is 0 Å². The lowest BCUT2D eigenvalue weighted by molar-refractivity contribution is -0.127. The van der Waals surface area contributed by atoms with Gasteiger partial charge in [0.05, 0.1) is 21.3 Å². The highest BCUT2D eigenvalue weighted by molar-refractivity contribution is 6.08. The summed E-state index contributed by atoms with van der Waals surface area (Å²) in [4.78, 5) is 26.3. The van der Waals surface area contributed by atoms with Crippen molar-refractivity contribution in [2.45, 2.75) is 18.9 Å². The Bertz CT molecular complexity index is 902. The Kier molecular flexibility index (Phi) is 5.18. The highest BCUT2D eigenvalue weighted by atomic mass is 16.5. The third-order valence-electron chi connectivity index (χ3n) is 5.14. The van der Waals surface area contributed by atoms with Gasteiger partial charge in [0.15, 0.2) is 17.0 Å². The summed E-state index contributed by atoms with van der Waals surface area (Å²) in [6, 6.07) is 9.35. The van der Waals surface area contributed by atoms with Crippen LogP contribution in [0.25, 0.3) is 0 Å². The molecule has 0 spiro atoms. The molecule has 1 unspecified atom stereocenters. The third-order valence-corrected chi connectivity index (χ3v) is 5.14. The first kappa shape index (κ1) is 19.5. The molecule has 0 saturated heterocycles. The molecule has 2 aromatic carbocycles. The number of benzene rings is 2. The number of nitrogens with one attached hydrogen (secondary N) is 1. The Hall–Kier alpha value is -3.22. The van der Waals surface area contributed by atoms with Gasteiger partial charge in [-0.05, 0) is 30.7 Å². The van der Waals surface area contributed by atoms with Crippen molar-refractivity contribution in [3.05, 3.63) is 47.0 Å². The van der Waals surface area contributed by atoms with Crippen molar-refractivity contribution < 1.29 is 23.8 Å². The topological polar surface area (TPSA) is 77.1 Å². The van der Waals surface area contributed by atoms with E-state index < -0.39 is 5.54 Å². The molecule has 7 nitrogen and oxygen atoms in total. The number of aryl methyl sites for hydroxylation is 1. The van der Waals surface area contributed by atoms with E-state index >= 15 is 0 Å². The molecule has 1 N–H and O–H groups in total. The smallest absolute Gasteiger partial charge is 0.257 e. The number of carbonyl (C=O) groups excluding carboxylic acids is 2. The quantitative estimate of drug-likeness (QED) is 0.741. The van der Waals surface area contributed by atoms with Gasteiger partial charge < -0.3 is 24.4 Å². The Morgan fingerprint density at radius 1 is 1.07 bits per heavy atom. The van der Waals surface area contributed by atoms with Crippen LogP contribution in [0.15, 0.2) is 30.3 Å². The van der Waals surface area contributed by atoms with Gasteiger partial charge in [0, 0.05) is 24.7 Å². The van der Waals surface area contributed by atoms with E-state index in [0.717, 1.165) is 22.4 Å². The zero-order valence-corrected chi connectivity index (χ0v) is 16.7. The summed E-state index contributed by atoms with van der Waals surface area (Å²) >= 11 is 0. The van der Waals surface area contributed by atoms with E-state index in [1.165, 1.54) is 21.3 Å². The van der Waals surface area contributed by atoms with Crippen molar-refractivity contribution in [3.63, 3.8) is 0 Å². The molecule has 7 heteroatoms. The fraction of sp³-hybridized carbons (Fsp3) is 0.333.